The van der Waals surface area contributed by atoms with Gasteiger partial charge in [0.05, 0.1) is 22.7 Å². The molecule has 1 unspecified atom stereocenters. The minimum Gasteiger partial charge on any atom is -0.447 e. The highest BCUT2D eigenvalue weighted by Gasteiger charge is 2.26. The molecule has 4 aromatic rings. The number of aryl methyl sites for hydroxylation is 1. The summed E-state index contributed by atoms with van der Waals surface area (Å²) in [4.78, 5) is 39.5. The van der Waals surface area contributed by atoms with Crippen LogP contribution in [0.1, 0.15) is 24.3 Å². The van der Waals surface area contributed by atoms with E-state index in [1.807, 2.05) is 21.0 Å². The number of hydrogen-bond acceptors (Lipinski definition) is 7. The summed E-state index contributed by atoms with van der Waals surface area (Å²) < 4.78 is 21.1. The van der Waals surface area contributed by atoms with Gasteiger partial charge in [-0.05, 0) is 43.3 Å². The molecule has 38 heavy (non-hydrogen) atoms. The number of nitrogens with zero attached hydrogens (tertiary/aromatic N) is 6. The highest BCUT2D eigenvalue weighted by atomic mass is 79.9. The number of halogens is 3. The van der Waals surface area contributed by atoms with Crippen LogP contribution in [0.3, 0.4) is 0 Å². The Labute approximate surface area is 230 Å². The van der Waals surface area contributed by atoms with Gasteiger partial charge in [0, 0.05) is 36.7 Å². The van der Waals surface area contributed by atoms with Crippen LogP contribution in [-0.4, -0.2) is 57.0 Å². The van der Waals surface area contributed by atoms with Gasteiger partial charge in [-0.15, -0.1) is 0 Å². The topological polar surface area (TPSA) is 115 Å². The minimum absolute atomic E-state index is 0.164. The zero-order valence-electron chi connectivity index (χ0n) is 20.7. The first-order valence-electron chi connectivity index (χ1n) is 11.2. The molecule has 10 nitrogen and oxygen atoms in total. The Morgan fingerprint density at radius 1 is 1.24 bits per heavy atom. The lowest BCUT2D eigenvalue weighted by Crippen LogP contribution is -2.25. The van der Waals surface area contributed by atoms with Gasteiger partial charge < -0.3 is 15.0 Å². The molecular weight excluding hydrogens is 581 g/mol. The summed E-state index contributed by atoms with van der Waals surface area (Å²) in [7, 11) is 3.68. The monoisotopic (exact) mass is 601 g/mol. The standard InChI is InChI=1S/C25H22BrClFN7O3/c1-13-21-22(24(30-11-29-21)31-12-34(3)4)35(33-13)20-6-5-18(10-19(20)27)32-25(37)23(38-14(2)36)15-7-16(26)9-17(28)8-15/h5-12,23H,1-4H3,(H,32,37). The molecule has 196 valence electrons. The van der Waals surface area contributed by atoms with Gasteiger partial charge in [-0.3, -0.25) is 9.59 Å². The van der Waals surface area contributed by atoms with E-state index in [0.29, 0.717) is 38.4 Å². The van der Waals surface area contributed by atoms with Gasteiger partial charge in [-0.1, -0.05) is 27.5 Å². The molecule has 0 saturated carbocycles. The van der Waals surface area contributed by atoms with E-state index in [0.717, 1.165) is 13.0 Å². The Morgan fingerprint density at radius 3 is 2.66 bits per heavy atom. The van der Waals surface area contributed by atoms with Crippen molar-refractivity contribution in [3.63, 3.8) is 0 Å². The van der Waals surface area contributed by atoms with Crippen LogP contribution in [0.25, 0.3) is 16.7 Å². The van der Waals surface area contributed by atoms with Crippen LogP contribution in [0.15, 0.2) is 52.2 Å². The summed E-state index contributed by atoms with van der Waals surface area (Å²) in [5.74, 6) is -1.57. The lowest BCUT2D eigenvalue weighted by atomic mass is 10.1. The third-order valence-electron chi connectivity index (χ3n) is 5.17. The van der Waals surface area contributed by atoms with E-state index in [4.69, 9.17) is 16.3 Å². The zero-order valence-corrected chi connectivity index (χ0v) is 23.1. The largest absolute Gasteiger partial charge is 0.447 e. The number of hydrogen-bond donors (Lipinski definition) is 1. The van der Waals surface area contributed by atoms with Crippen molar-refractivity contribution in [3.05, 3.63) is 69.3 Å². The second-order valence-electron chi connectivity index (χ2n) is 8.45. The smallest absolute Gasteiger partial charge is 0.303 e. The third-order valence-corrected chi connectivity index (χ3v) is 5.93. The molecule has 0 saturated heterocycles. The molecule has 2 aromatic heterocycles. The van der Waals surface area contributed by atoms with Crippen molar-refractivity contribution < 1.29 is 18.7 Å². The second kappa shape index (κ2) is 11.2. The quantitative estimate of drug-likeness (QED) is 0.177. The Bertz CT molecular complexity index is 1550. The number of aromatic nitrogens is 4. The van der Waals surface area contributed by atoms with E-state index in [2.05, 4.69) is 41.3 Å². The van der Waals surface area contributed by atoms with Crippen LogP contribution >= 0.6 is 27.5 Å². The maximum absolute atomic E-state index is 14.0. The highest BCUT2D eigenvalue weighted by molar-refractivity contribution is 9.10. The fourth-order valence-corrected chi connectivity index (χ4v) is 4.39. The maximum atomic E-state index is 14.0. The average molecular weight is 603 g/mol. The van der Waals surface area contributed by atoms with Crippen molar-refractivity contribution in [2.24, 2.45) is 4.99 Å². The Morgan fingerprint density at radius 2 is 2.00 bits per heavy atom. The molecule has 0 spiro atoms. The van der Waals surface area contributed by atoms with Gasteiger partial charge in [0.25, 0.3) is 5.91 Å². The SMILES string of the molecule is CC(=O)OC(C(=O)Nc1ccc(-n2nc(C)c3ncnc(N=CN(C)C)c32)c(Cl)c1)c1cc(F)cc(Br)c1. The lowest BCUT2D eigenvalue weighted by Gasteiger charge is -2.18. The van der Waals surface area contributed by atoms with Crippen molar-refractivity contribution in [3.8, 4) is 5.69 Å². The maximum Gasteiger partial charge on any atom is 0.303 e. The van der Waals surface area contributed by atoms with Gasteiger partial charge in [0.2, 0.25) is 6.10 Å². The van der Waals surface area contributed by atoms with Gasteiger partial charge in [-0.2, -0.15) is 5.10 Å². The van der Waals surface area contributed by atoms with Crippen molar-refractivity contribution in [2.75, 3.05) is 19.4 Å². The number of ether oxygens (including phenoxy) is 1. The molecular formula is C25H22BrClFN7O3. The average Bonchev–Trinajstić information content (AvgIpc) is 3.17. The van der Waals surface area contributed by atoms with Crippen LogP contribution in [0, 0.1) is 12.7 Å². The van der Waals surface area contributed by atoms with E-state index in [9.17, 15) is 14.0 Å². The second-order valence-corrected chi connectivity index (χ2v) is 9.77. The molecule has 1 N–H and O–H groups in total. The summed E-state index contributed by atoms with van der Waals surface area (Å²) in [6.07, 6.45) is 1.65. The molecule has 2 aromatic carbocycles. The normalized spacial score (nSPS) is 12.1. The van der Waals surface area contributed by atoms with Crippen LogP contribution in [0.5, 0.6) is 0 Å². The molecule has 1 amide bonds. The summed E-state index contributed by atoms with van der Waals surface area (Å²) in [5.41, 5.74) is 2.83. The number of benzene rings is 2. The fraction of sp³-hybridized carbons (Fsp3) is 0.200. The van der Waals surface area contributed by atoms with Gasteiger partial charge in [0.1, 0.15) is 23.2 Å². The zero-order chi connectivity index (χ0) is 27.6. The van der Waals surface area contributed by atoms with Gasteiger partial charge in [0.15, 0.2) is 5.82 Å². The number of amides is 1. The van der Waals surface area contributed by atoms with Gasteiger partial charge >= 0.3 is 5.97 Å². The summed E-state index contributed by atoms with van der Waals surface area (Å²) in [6.45, 7) is 2.98. The molecule has 0 aliphatic rings. The van der Waals surface area contributed by atoms with Crippen LogP contribution in [0.2, 0.25) is 5.02 Å². The molecule has 0 fully saturated rings. The first-order valence-corrected chi connectivity index (χ1v) is 12.4. The van der Waals surface area contributed by atoms with Crippen molar-refractivity contribution in [1.29, 1.82) is 0 Å². The number of anilines is 1. The number of carbonyl (C=O) groups excluding carboxylic acids is 2. The van der Waals surface area contributed by atoms with E-state index >= 15 is 0 Å². The number of esters is 1. The minimum atomic E-state index is -1.38. The molecule has 1 atom stereocenters. The summed E-state index contributed by atoms with van der Waals surface area (Å²) in [5, 5.41) is 7.50. The molecule has 2 heterocycles. The number of carbonyl (C=O) groups is 2. The number of fused-ring (bicyclic) bond motifs is 1. The first-order chi connectivity index (χ1) is 18.0. The van der Waals surface area contributed by atoms with Crippen molar-refractivity contribution in [1.82, 2.24) is 24.6 Å². The third kappa shape index (κ3) is 5.97. The van der Waals surface area contributed by atoms with Crippen molar-refractivity contribution >= 4 is 68.3 Å². The van der Waals surface area contributed by atoms with E-state index in [1.54, 1.807) is 28.1 Å². The van der Waals surface area contributed by atoms with Crippen LogP contribution < -0.4 is 5.32 Å². The fourth-order valence-electron chi connectivity index (χ4n) is 3.65. The Balaban J connectivity index is 1.68. The molecule has 0 radical (unpaired) electrons. The van der Waals surface area contributed by atoms with Crippen molar-refractivity contribution in [2.45, 2.75) is 20.0 Å². The highest BCUT2D eigenvalue weighted by Crippen LogP contribution is 2.32. The summed E-state index contributed by atoms with van der Waals surface area (Å²) >= 11 is 9.80. The summed E-state index contributed by atoms with van der Waals surface area (Å²) in [6, 6.07) is 8.65. The molecule has 0 aliphatic carbocycles. The molecule has 4 rings (SSSR count). The van der Waals surface area contributed by atoms with Crippen LogP contribution in [-0.2, 0) is 14.3 Å². The predicted octanol–water partition coefficient (Wildman–Crippen LogP) is 5.14. The van der Waals surface area contributed by atoms with E-state index in [1.165, 1.54) is 24.5 Å². The van der Waals surface area contributed by atoms with Crippen LogP contribution in [0.4, 0.5) is 15.9 Å². The van der Waals surface area contributed by atoms with E-state index < -0.39 is 23.8 Å². The molecule has 0 bridgehead atoms. The predicted molar refractivity (Wildman–Crippen MR) is 145 cm³/mol. The number of aliphatic imine (C=N–C) groups is 1. The first kappa shape index (κ1) is 27.1. The van der Waals surface area contributed by atoms with Gasteiger partial charge in [-0.25, -0.2) is 24.0 Å². The van der Waals surface area contributed by atoms with E-state index in [-0.39, 0.29) is 10.6 Å². The number of nitrogens with one attached hydrogen (secondary N) is 1. The molecule has 0 aliphatic heterocycles. The number of rotatable bonds is 7. The lowest BCUT2D eigenvalue weighted by molar-refractivity contribution is -0.152. The molecule has 13 heteroatoms. The Hall–Kier alpha value is -3.90. The Kier molecular flexibility index (Phi) is 8.02.